The molecular weight excluding hydrogens is 367 g/mol. The average Bonchev–Trinajstić information content (AvgIpc) is 3.15. The molecule has 0 aliphatic heterocycles. The highest BCUT2D eigenvalue weighted by atomic mass is 19.4. The van der Waals surface area contributed by atoms with Crippen molar-refractivity contribution in [1.29, 1.82) is 0 Å². The van der Waals surface area contributed by atoms with Crippen LogP contribution in [-0.4, -0.2) is 15.7 Å². The van der Waals surface area contributed by atoms with E-state index in [2.05, 4.69) is 10.4 Å². The molecule has 0 bridgehead atoms. The molecule has 1 aromatic heterocycles. The lowest BCUT2D eigenvalue weighted by Gasteiger charge is -2.14. The molecule has 7 heteroatoms. The van der Waals surface area contributed by atoms with E-state index in [9.17, 15) is 18.0 Å². The number of nitrogens with zero attached hydrogens (tertiary/aromatic N) is 2. The number of alkyl halides is 3. The minimum absolute atomic E-state index is 0.347. The Morgan fingerprint density at radius 3 is 2.43 bits per heavy atom. The van der Waals surface area contributed by atoms with E-state index in [-0.39, 0.29) is 5.91 Å². The quantitative estimate of drug-likeness (QED) is 0.643. The van der Waals surface area contributed by atoms with E-state index in [0.29, 0.717) is 5.56 Å². The molecule has 2 aromatic carbocycles. The molecule has 0 saturated heterocycles. The number of amides is 1. The first-order valence-electron chi connectivity index (χ1n) is 8.59. The summed E-state index contributed by atoms with van der Waals surface area (Å²) in [5, 5.41) is 6.97. The number of hydrogen-bond acceptors (Lipinski definition) is 2. The van der Waals surface area contributed by atoms with Crippen molar-refractivity contribution >= 4 is 12.0 Å². The number of benzene rings is 2. The summed E-state index contributed by atoms with van der Waals surface area (Å²) >= 11 is 0. The van der Waals surface area contributed by atoms with Gasteiger partial charge in [-0.25, -0.2) is 4.68 Å². The van der Waals surface area contributed by atoms with Gasteiger partial charge >= 0.3 is 6.18 Å². The minimum atomic E-state index is -4.38. The predicted molar refractivity (Wildman–Crippen MR) is 101 cm³/mol. The molecule has 0 aliphatic carbocycles. The fraction of sp³-hybridized carbons (Fsp3) is 0.143. The molecule has 4 nitrogen and oxygen atoms in total. The van der Waals surface area contributed by atoms with Crippen molar-refractivity contribution in [2.24, 2.45) is 0 Å². The van der Waals surface area contributed by atoms with Gasteiger partial charge in [-0.2, -0.15) is 18.3 Å². The minimum Gasteiger partial charge on any atom is -0.346 e. The van der Waals surface area contributed by atoms with Gasteiger partial charge in [0.05, 0.1) is 23.5 Å². The van der Waals surface area contributed by atoms with Crippen molar-refractivity contribution in [2.75, 3.05) is 0 Å². The molecule has 1 atom stereocenters. The van der Waals surface area contributed by atoms with Gasteiger partial charge in [0.25, 0.3) is 0 Å². The lowest BCUT2D eigenvalue weighted by molar-refractivity contribution is -0.137. The van der Waals surface area contributed by atoms with Gasteiger partial charge < -0.3 is 5.32 Å². The van der Waals surface area contributed by atoms with Gasteiger partial charge in [0, 0.05) is 17.8 Å². The summed E-state index contributed by atoms with van der Waals surface area (Å²) in [6.45, 7) is 1.71. The lowest BCUT2D eigenvalue weighted by Crippen LogP contribution is -2.24. The molecule has 0 fully saturated rings. The third-order valence-electron chi connectivity index (χ3n) is 4.15. The van der Waals surface area contributed by atoms with E-state index in [4.69, 9.17) is 0 Å². The molecular formula is C21H18F3N3O. The predicted octanol–water partition coefficient (Wildman–Crippen LogP) is 4.78. The second kappa shape index (κ2) is 8.12. The van der Waals surface area contributed by atoms with Crippen molar-refractivity contribution < 1.29 is 18.0 Å². The Bertz CT molecular complexity index is 961. The van der Waals surface area contributed by atoms with Gasteiger partial charge in [-0.15, -0.1) is 0 Å². The number of aromatic nitrogens is 2. The molecule has 3 aromatic rings. The first-order chi connectivity index (χ1) is 13.3. The van der Waals surface area contributed by atoms with E-state index < -0.39 is 17.8 Å². The van der Waals surface area contributed by atoms with Crippen LogP contribution >= 0.6 is 0 Å². The molecule has 3 rings (SSSR count). The molecule has 0 radical (unpaired) electrons. The Balaban J connectivity index is 1.60. The summed E-state index contributed by atoms with van der Waals surface area (Å²) in [6, 6.07) is 13.9. The summed E-state index contributed by atoms with van der Waals surface area (Å²) < 4.78 is 39.5. The highest BCUT2D eigenvalue weighted by Crippen LogP contribution is 2.29. The van der Waals surface area contributed by atoms with Crippen molar-refractivity contribution in [3.63, 3.8) is 0 Å². The summed E-state index contributed by atoms with van der Waals surface area (Å²) in [5.74, 6) is -0.347. The van der Waals surface area contributed by atoms with Crippen LogP contribution in [0.1, 0.15) is 29.7 Å². The number of rotatable bonds is 5. The number of carbonyl (C=O) groups is 1. The first-order valence-corrected chi connectivity index (χ1v) is 8.59. The van der Waals surface area contributed by atoms with Crippen LogP contribution in [0.3, 0.4) is 0 Å². The van der Waals surface area contributed by atoms with Gasteiger partial charge in [0.2, 0.25) is 5.91 Å². The van der Waals surface area contributed by atoms with E-state index >= 15 is 0 Å². The zero-order chi connectivity index (χ0) is 20.1. The topological polar surface area (TPSA) is 46.9 Å². The van der Waals surface area contributed by atoms with Gasteiger partial charge in [-0.3, -0.25) is 4.79 Å². The largest absolute Gasteiger partial charge is 0.416 e. The van der Waals surface area contributed by atoms with Crippen LogP contribution < -0.4 is 5.32 Å². The van der Waals surface area contributed by atoms with Crippen molar-refractivity contribution in [1.82, 2.24) is 15.1 Å². The maximum absolute atomic E-state index is 12.6. The van der Waals surface area contributed by atoms with E-state index in [1.807, 2.05) is 30.3 Å². The number of carbonyl (C=O) groups excluding carboxylic acids is 1. The Hall–Kier alpha value is -3.35. The van der Waals surface area contributed by atoms with Crippen molar-refractivity contribution in [3.05, 3.63) is 89.8 Å². The number of halogens is 3. The number of nitrogens with one attached hydrogen (secondary N) is 1. The fourth-order valence-corrected chi connectivity index (χ4v) is 2.62. The summed E-state index contributed by atoms with van der Waals surface area (Å²) in [7, 11) is 0. The maximum Gasteiger partial charge on any atom is 0.416 e. The standard InChI is InChI=1S/C21H18F3N3O/c1-15(17-8-10-18(11-9-17)21(22,23)24)26-20(28)12-7-16-13-25-27(14-16)19-5-3-2-4-6-19/h2-15H,1H3,(H,26,28)/b12-7-/t15-/m0/s1. The number of para-hydroxylation sites is 1. The van der Waals surface area contributed by atoms with Crippen LogP contribution in [0.15, 0.2) is 73.1 Å². The van der Waals surface area contributed by atoms with Crippen LogP contribution in [0.25, 0.3) is 11.8 Å². The maximum atomic E-state index is 12.6. The van der Waals surface area contributed by atoms with E-state index in [1.54, 1.807) is 30.1 Å². The fourth-order valence-electron chi connectivity index (χ4n) is 2.62. The third kappa shape index (κ3) is 4.88. The zero-order valence-electron chi connectivity index (χ0n) is 15.0. The average molecular weight is 385 g/mol. The van der Waals surface area contributed by atoms with Crippen molar-refractivity contribution in [2.45, 2.75) is 19.1 Å². The van der Waals surface area contributed by atoms with E-state index in [1.165, 1.54) is 18.2 Å². The van der Waals surface area contributed by atoms with Gasteiger partial charge in [-0.05, 0) is 42.8 Å². The molecule has 0 saturated carbocycles. The molecule has 1 heterocycles. The van der Waals surface area contributed by atoms with E-state index in [0.717, 1.165) is 23.4 Å². The molecule has 0 aliphatic rings. The number of hydrogen-bond donors (Lipinski definition) is 1. The lowest BCUT2D eigenvalue weighted by atomic mass is 10.1. The Morgan fingerprint density at radius 2 is 1.79 bits per heavy atom. The molecule has 1 amide bonds. The zero-order valence-corrected chi connectivity index (χ0v) is 15.0. The Labute approximate surface area is 160 Å². The van der Waals surface area contributed by atoms with Crippen LogP contribution in [-0.2, 0) is 11.0 Å². The van der Waals surface area contributed by atoms with Crippen molar-refractivity contribution in [3.8, 4) is 5.69 Å². The Morgan fingerprint density at radius 1 is 1.11 bits per heavy atom. The highest BCUT2D eigenvalue weighted by molar-refractivity contribution is 5.91. The molecule has 0 spiro atoms. The second-order valence-electron chi connectivity index (χ2n) is 6.24. The van der Waals surface area contributed by atoms with Crippen LogP contribution in [0.4, 0.5) is 13.2 Å². The second-order valence-corrected chi connectivity index (χ2v) is 6.24. The van der Waals surface area contributed by atoms with Gasteiger partial charge in [-0.1, -0.05) is 30.3 Å². The first kappa shape index (κ1) is 19.4. The SMILES string of the molecule is C[C@H](NC(=O)/C=C\c1cnn(-c2ccccc2)c1)c1ccc(C(F)(F)F)cc1. The normalized spacial score (nSPS) is 12.9. The van der Waals surface area contributed by atoms with Gasteiger partial charge in [0.15, 0.2) is 0 Å². The third-order valence-corrected chi connectivity index (χ3v) is 4.15. The molecule has 1 N–H and O–H groups in total. The smallest absolute Gasteiger partial charge is 0.346 e. The van der Waals surface area contributed by atoms with Crippen LogP contribution in [0.2, 0.25) is 0 Å². The summed E-state index contributed by atoms with van der Waals surface area (Å²) in [6.07, 6.45) is 2.04. The van der Waals surface area contributed by atoms with Crippen LogP contribution in [0, 0.1) is 0 Å². The molecule has 0 unspecified atom stereocenters. The molecule has 28 heavy (non-hydrogen) atoms. The molecule has 144 valence electrons. The summed E-state index contributed by atoms with van der Waals surface area (Å²) in [5.41, 5.74) is 1.53. The monoisotopic (exact) mass is 385 g/mol. The highest BCUT2D eigenvalue weighted by Gasteiger charge is 2.30. The van der Waals surface area contributed by atoms with Crippen LogP contribution in [0.5, 0.6) is 0 Å². The van der Waals surface area contributed by atoms with Gasteiger partial charge in [0.1, 0.15) is 0 Å². The Kier molecular flexibility index (Phi) is 5.63. The summed E-state index contributed by atoms with van der Waals surface area (Å²) in [4.78, 5) is 12.1.